The zero-order chi connectivity index (χ0) is 27.3. The third-order valence-electron chi connectivity index (χ3n) is 5.25. The van der Waals surface area contributed by atoms with Gasteiger partial charge in [-0.3, -0.25) is 39.7 Å². The molecule has 1 aliphatic heterocycles. The second kappa shape index (κ2) is 12.8. The van der Waals surface area contributed by atoms with Crippen LogP contribution in [0.25, 0.3) is 0 Å². The van der Waals surface area contributed by atoms with Gasteiger partial charge in [-0.05, 0) is 25.0 Å². The number of imide groups is 1. The lowest BCUT2D eigenvalue weighted by Crippen LogP contribution is -2.43. The van der Waals surface area contributed by atoms with Crippen molar-refractivity contribution < 1.29 is 28.7 Å². The molecule has 3 rings (SSSR count). The lowest BCUT2D eigenvalue weighted by molar-refractivity contribution is -0.148. The standard InChI is InChI=1S/C23H18Cl5N3O6/c24-12-7-4-3-6-11(12)21(34)30-29-13(32)10-37-14(33)8-2-1-5-9-31-22(35)15-16(23(31)36)18(26)20(28)19(27)17(15)25/h3-4,6-7H,1-2,5,8-10H2,(H,29,32)(H,30,34). The molecular formula is C23H18Cl5N3O6. The van der Waals surface area contributed by atoms with E-state index >= 15 is 0 Å². The topological polar surface area (TPSA) is 122 Å². The maximum atomic E-state index is 12.7. The SMILES string of the molecule is O=C(COC(=O)CCCCCN1C(=O)c2c(Cl)c(Cl)c(Cl)c(Cl)c2C1=O)NNC(=O)c1ccccc1Cl. The molecule has 2 aromatic rings. The van der Waals surface area contributed by atoms with Gasteiger partial charge in [0.15, 0.2) is 6.61 Å². The summed E-state index contributed by atoms with van der Waals surface area (Å²) < 4.78 is 4.87. The number of ether oxygens (including phenoxy) is 1. The molecule has 0 saturated carbocycles. The van der Waals surface area contributed by atoms with E-state index < -0.39 is 36.2 Å². The number of hydrogen-bond acceptors (Lipinski definition) is 6. The highest BCUT2D eigenvalue weighted by molar-refractivity contribution is 6.55. The molecule has 9 nitrogen and oxygen atoms in total. The number of hydrogen-bond donors (Lipinski definition) is 2. The number of amides is 4. The minimum atomic E-state index is -0.739. The predicted molar refractivity (Wildman–Crippen MR) is 138 cm³/mol. The maximum Gasteiger partial charge on any atom is 0.306 e. The van der Waals surface area contributed by atoms with E-state index in [4.69, 9.17) is 62.7 Å². The first-order valence-corrected chi connectivity index (χ1v) is 12.6. The number of unbranched alkanes of at least 4 members (excludes halogenated alkanes) is 2. The Morgan fingerprint density at radius 3 is 1.97 bits per heavy atom. The van der Waals surface area contributed by atoms with E-state index in [1.54, 1.807) is 12.1 Å². The first-order chi connectivity index (χ1) is 17.5. The number of esters is 1. The Bertz CT molecular complexity index is 1240. The summed E-state index contributed by atoms with van der Waals surface area (Å²) in [7, 11) is 0. The first kappa shape index (κ1) is 29.0. The normalized spacial score (nSPS) is 12.4. The smallest absolute Gasteiger partial charge is 0.306 e. The van der Waals surface area contributed by atoms with Crippen molar-refractivity contribution in [3.05, 3.63) is 66.1 Å². The lowest BCUT2D eigenvalue weighted by atomic mass is 10.1. The molecule has 0 spiro atoms. The van der Waals surface area contributed by atoms with Crippen LogP contribution in [0.4, 0.5) is 0 Å². The first-order valence-electron chi connectivity index (χ1n) is 10.8. The molecule has 0 radical (unpaired) electrons. The highest BCUT2D eigenvalue weighted by Crippen LogP contribution is 2.44. The number of carbonyl (C=O) groups is 5. The largest absolute Gasteiger partial charge is 0.455 e. The Labute approximate surface area is 236 Å². The summed E-state index contributed by atoms with van der Waals surface area (Å²) in [5.74, 6) is -3.25. The maximum absolute atomic E-state index is 12.7. The average molecular weight is 610 g/mol. The molecule has 0 unspecified atom stereocenters. The lowest BCUT2D eigenvalue weighted by Gasteiger charge is -2.13. The zero-order valence-electron chi connectivity index (χ0n) is 18.8. The number of rotatable bonds is 9. The Morgan fingerprint density at radius 2 is 1.38 bits per heavy atom. The van der Waals surface area contributed by atoms with Gasteiger partial charge in [0.05, 0.1) is 41.8 Å². The average Bonchev–Trinajstić information content (AvgIpc) is 3.13. The number of halogens is 5. The van der Waals surface area contributed by atoms with Gasteiger partial charge in [0.25, 0.3) is 23.6 Å². The van der Waals surface area contributed by atoms with Crippen LogP contribution in [0.15, 0.2) is 24.3 Å². The minimum absolute atomic E-state index is 0.00422. The van der Waals surface area contributed by atoms with Gasteiger partial charge in [-0.1, -0.05) is 76.6 Å². The van der Waals surface area contributed by atoms with Crippen molar-refractivity contribution in [2.45, 2.75) is 25.7 Å². The summed E-state index contributed by atoms with van der Waals surface area (Å²) in [6.07, 6.45) is 1.26. The molecule has 0 bridgehead atoms. The van der Waals surface area contributed by atoms with Crippen LogP contribution >= 0.6 is 58.0 Å². The number of nitrogens with one attached hydrogen (secondary N) is 2. The Kier molecular flexibility index (Phi) is 10.0. The number of hydrazine groups is 1. The highest BCUT2D eigenvalue weighted by atomic mass is 35.5. The van der Waals surface area contributed by atoms with Crippen LogP contribution in [0.5, 0.6) is 0 Å². The number of benzene rings is 2. The number of carbonyl (C=O) groups excluding carboxylic acids is 5. The molecule has 0 fully saturated rings. The van der Waals surface area contributed by atoms with Gasteiger partial charge in [-0.15, -0.1) is 0 Å². The fourth-order valence-electron chi connectivity index (χ4n) is 3.41. The molecule has 0 saturated heterocycles. The van der Waals surface area contributed by atoms with E-state index in [1.165, 1.54) is 12.1 Å². The molecule has 14 heteroatoms. The fourth-order valence-corrected chi connectivity index (χ4v) is 4.64. The van der Waals surface area contributed by atoms with Crippen LogP contribution in [0, 0.1) is 0 Å². The highest BCUT2D eigenvalue weighted by Gasteiger charge is 2.41. The molecule has 1 aliphatic rings. The number of fused-ring (bicyclic) bond motifs is 1. The van der Waals surface area contributed by atoms with Crippen LogP contribution in [0.2, 0.25) is 25.1 Å². The van der Waals surface area contributed by atoms with Gasteiger partial charge in [-0.2, -0.15) is 0 Å². The molecule has 2 N–H and O–H groups in total. The third-order valence-corrected chi connectivity index (χ3v) is 7.38. The van der Waals surface area contributed by atoms with E-state index in [0.29, 0.717) is 19.3 Å². The second-order valence-electron chi connectivity index (χ2n) is 7.72. The van der Waals surface area contributed by atoms with Crippen molar-refractivity contribution in [2.75, 3.05) is 13.2 Å². The van der Waals surface area contributed by atoms with Crippen molar-refractivity contribution in [1.82, 2.24) is 15.8 Å². The van der Waals surface area contributed by atoms with Crippen molar-refractivity contribution in [1.29, 1.82) is 0 Å². The van der Waals surface area contributed by atoms with Crippen LogP contribution < -0.4 is 10.9 Å². The van der Waals surface area contributed by atoms with Gasteiger partial charge < -0.3 is 4.74 Å². The fraction of sp³-hybridized carbons (Fsp3) is 0.261. The van der Waals surface area contributed by atoms with Gasteiger partial charge in [0, 0.05) is 13.0 Å². The Balaban J connectivity index is 1.36. The molecule has 0 atom stereocenters. The van der Waals surface area contributed by atoms with Gasteiger partial charge in [0.1, 0.15) is 0 Å². The van der Waals surface area contributed by atoms with E-state index in [0.717, 1.165) is 4.90 Å². The van der Waals surface area contributed by atoms with Gasteiger partial charge in [-0.25, -0.2) is 0 Å². The third kappa shape index (κ3) is 6.66. The molecule has 2 aromatic carbocycles. The summed E-state index contributed by atoms with van der Waals surface area (Å²) >= 11 is 30.1. The zero-order valence-corrected chi connectivity index (χ0v) is 22.6. The summed E-state index contributed by atoms with van der Waals surface area (Å²) in [5, 5.41) is -0.273. The van der Waals surface area contributed by atoms with Crippen molar-refractivity contribution >= 4 is 87.6 Å². The molecule has 0 aliphatic carbocycles. The minimum Gasteiger partial charge on any atom is -0.455 e. The summed E-state index contributed by atoms with van der Waals surface area (Å²) in [4.78, 5) is 62.0. The van der Waals surface area contributed by atoms with E-state index in [9.17, 15) is 24.0 Å². The van der Waals surface area contributed by atoms with Crippen LogP contribution in [0.1, 0.15) is 56.8 Å². The van der Waals surface area contributed by atoms with Crippen molar-refractivity contribution in [3.8, 4) is 0 Å². The molecule has 1 heterocycles. The van der Waals surface area contributed by atoms with Gasteiger partial charge >= 0.3 is 5.97 Å². The van der Waals surface area contributed by atoms with Gasteiger partial charge in [0.2, 0.25) is 0 Å². The van der Waals surface area contributed by atoms with Crippen LogP contribution in [-0.4, -0.2) is 47.6 Å². The van der Waals surface area contributed by atoms with Crippen LogP contribution in [0.3, 0.4) is 0 Å². The second-order valence-corrected chi connectivity index (χ2v) is 9.64. The summed E-state index contributed by atoms with van der Waals surface area (Å²) in [6.45, 7) is -0.528. The van der Waals surface area contributed by atoms with E-state index in [1.807, 2.05) is 0 Å². The Hall–Kier alpha value is -2.56. The molecule has 0 aromatic heterocycles. The summed E-state index contributed by atoms with van der Waals surface area (Å²) in [6, 6.07) is 6.27. The monoisotopic (exact) mass is 607 g/mol. The number of nitrogens with zero attached hydrogens (tertiary/aromatic N) is 1. The molecule has 196 valence electrons. The Morgan fingerprint density at radius 1 is 0.784 bits per heavy atom. The predicted octanol–water partition coefficient (Wildman–Crippen LogP) is 5.11. The van der Waals surface area contributed by atoms with E-state index in [2.05, 4.69) is 10.9 Å². The van der Waals surface area contributed by atoms with Crippen LogP contribution in [-0.2, 0) is 14.3 Å². The van der Waals surface area contributed by atoms with Crippen molar-refractivity contribution in [3.63, 3.8) is 0 Å². The molecular weight excluding hydrogens is 592 g/mol. The van der Waals surface area contributed by atoms with E-state index in [-0.39, 0.29) is 54.8 Å². The molecule has 37 heavy (non-hydrogen) atoms. The van der Waals surface area contributed by atoms with Crippen molar-refractivity contribution in [2.24, 2.45) is 0 Å². The molecule has 4 amide bonds. The quantitative estimate of drug-likeness (QED) is 0.102. The summed E-state index contributed by atoms with van der Waals surface area (Å²) in [5.41, 5.74) is 4.29.